The van der Waals surface area contributed by atoms with Crippen LogP contribution in [0.15, 0.2) is 53.7 Å². The maximum atomic E-state index is 12.5. The Kier molecular flexibility index (Phi) is 6.36. The average Bonchev–Trinajstić information content (AvgIpc) is 3.43. The van der Waals surface area contributed by atoms with E-state index in [4.69, 9.17) is 0 Å². The van der Waals surface area contributed by atoms with Crippen LogP contribution < -0.4 is 10.2 Å². The van der Waals surface area contributed by atoms with E-state index in [1.165, 1.54) is 24.2 Å². The molecule has 1 N–H and O–H groups in total. The Morgan fingerprint density at radius 2 is 1.81 bits per heavy atom. The summed E-state index contributed by atoms with van der Waals surface area (Å²) in [5, 5.41) is 12.4. The Balaban J connectivity index is 1.51. The predicted molar refractivity (Wildman–Crippen MR) is 123 cm³/mol. The van der Waals surface area contributed by atoms with Gasteiger partial charge in [0.05, 0.1) is 11.4 Å². The maximum Gasteiger partial charge on any atom is 0.234 e. The van der Waals surface area contributed by atoms with Crippen molar-refractivity contribution in [1.82, 2.24) is 14.8 Å². The first kappa shape index (κ1) is 21.1. The van der Waals surface area contributed by atoms with Crippen LogP contribution in [0.4, 0.5) is 11.6 Å². The average molecular weight is 436 g/mol. The first-order valence-corrected chi connectivity index (χ1v) is 11.3. The first-order chi connectivity index (χ1) is 15.0. The molecule has 0 aliphatic carbocycles. The van der Waals surface area contributed by atoms with Gasteiger partial charge in [0.25, 0.3) is 0 Å². The number of carbonyl (C=O) groups is 2. The Morgan fingerprint density at radius 1 is 1.06 bits per heavy atom. The molecule has 7 nitrogen and oxygen atoms in total. The van der Waals surface area contributed by atoms with Gasteiger partial charge in [0.2, 0.25) is 11.9 Å². The number of anilines is 2. The van der Waals surface area contributed by atoms with Crippen molar-refractivity contribution in [2.24, 2.45) is 0 Å². The molecule has 4 rings (SSSR count). The lowest BCUT2D eigenvalue weighted by atomic mass is 10.1. The standard InChI is InChI=1S/C23H25N5O2S/c1-16-8-10-20(11-9-16)28-22(27-12-3-4-13-27)25-26-23(28)31-15-21(30)24-19-7-5-6-18(14-19)17(2)29/h5-11,14H,3-4,12-13,15H2,1-2H3,(H,24,30). The topological polar surface area (TPSA) is 80.1 Å². The fourth-order valence-electron chi connectivity index (χ4n) is 3.54. The summed E-state index contributed by atoms with van der Waals surface area (Å²) in [7, 11) is 0. The van der Waals surface area contributed by atoms with E-state index in [2.05, 4.69) is 51.6 Å². The fourth-order valence-corrected chi connectivity index (χ4v) is 4.29. The van der Waals surface area contributed by atoms with Crippen molar-refractivity contribution < 1.29 is 9.59 Å². The smallest absolute Gasteiger partial charge is 0.234 e. The van der Waals surface area contributed by atoms with Crippen LogP contribution in [-0.2, 0) is 4.79 Å². The molecule has 0 spiro atoms. The number of Topliss-reactive ketones (excluding diaryl/α,β-unsaturated/α-hetero) is 1. The summed E-state index contributed by atoms with van der Waals surface area (Å²) in [4.78, 5) is 26.3. The van der Waals surface area contributed by atoms with Crippen molar-refractivity contribution in [3.63, 3.8) is 0 Å². The van der Waals surface area contributed by atoms with E-state index in [9.17, 15) is 9.59 Å². The van der Waals surface area contributed by atoms with Gasteiger partial charge in [0.1, 0.15) is 0 Å². The Hall–Kier alpha value is -3.13. The summed E-state index contributed by atoms with van der Waals surface area (Å²) >= 11 is 1.35. The Morgan fingerprint density at radius 3 is 2.52 bits per heavy atom. The van der Waals surface area contributed by atoms with Crippen molar-refractivity contribution >= 4 is 35.1 Å². The van der Waals surface area contributed by atoms with Crippen molar-refractivity contribution in [1.29, 1.82) is 0 Å². The van der Waals surface area contributed by atoms with Gasteiger partial charge in [-0.3, -0.25) is 14.2 Å². The number of benzene rings is 2. The predicted octanol–water partition coefficient (Wildman–Crippen LogP) is 4.11. The molecule has 0 bridgehead atoms. The molecule has 1 aliphatic rings. The third kappa shape index (κ3) is 4.96. The summed E-state index contributed by atoms with van der Waals surface area (Å²) in [6.45, 7) is 5.48. The molecule has 31 heavy (non-hydrogen) atoms. The SMILES string of the molecule is CC(=O)c1cccc(NC(=O)CSc2nnc(N3CCCC3)n2-c2ccc(C)cc2)c1. The van der Waals surface area contributed by atoms with Crippen molar-refractivity contribution in [2.45, 2.75) is 31.8 Å². The molecule has 1 saturated heterocycles. The van der Waals surface area contributed by atoms with Crippen LogP contribution >= 0.6 is 11.8 Å². The molecule has 0 radical (unpaired) electrons. The van der Waals surface area contributed by atoms with E-state index in [1.807, 2.05) is 4.57 Å². The number of ketones is 1. The largest absolute Gasteiger partial charge is 0.341 e. The molecule has 1 fully saturated rings. The van der Waals surface area contributed by atoms with E-state index in [-0.39, 0.29) is 17.4 Å². The van der Waals surface area contributed by atoms with Gasteiger partial charge in [-0.2, -0.15) is 0 Å². The van der Waals surface area contributed by atoms with E-state index in [0.717, 1.165) is 37.6 Å². The van der Waals surface area contributed by atoms with Crippen LogP contribution in [0.3, 0.4) is 0 Å². The molecule has 1 aliphatic heterocycles. The normalized spacial score (nSPS) is 13.4. The van der Waals surface area contributed by atoms with E-state index in [0.29, 0.717) is 16.4 Å². The van der Waals surface area contributed by atoms with E-state index < -0.39 is 0 Å². The lowest BCUT2D eigenvalue weighted by molar-refractivity contribution is -0.113. The molecule has 3 aromatic rings. The number of nitrogens with one attached hydrogen (secondary N) is 1. The van der Waals surface area contributed by atoms with Crippen LogP contribution in [0.2, 0.25) is 0 Å². The molecule has 0 atom stereocenters. The summed E-state index contributed by atoms with van der Waals surface area (Å²) in [5.74, 6) is 0.810. The molecule has 1 aromatic heterocycles. The minimum Gasteiger partial charge on any atom is -0.341 e. The monoisotopic (exact) mass is 435 g/mol. The number of nitrogens with zero attached hydrogens (tertiary/aromatic N) is 4. The second-order valence-electron chi connectivity index (χ2n) is 7.62. The van der Waals surface area contributed by atoms with Gasteiger partial charge in [-0.1, -0.05) is 41.6 Å². The molecule has 8 heteroatoms. The van der Waals surface area contributed by atoms with E-state index >= 15 is 0 Å². The van der Waals surface area contributed by atoms with Crippen LogP contribution in [0, 0.1) is 6.92 Å². The zero-order valence-electron chi connectivity index (χ0n) is 17.7. The highest BCUT2D eigenvalue weighted by Crippen LogP contribution is 2.28. The molecular weight excluding hydrogens is 410 g/mol. The molecule has 2 heterocycles. The number of thioether (sulfide) groups is 1. The van der Waals surface area contributed by atoms with Crippen LogP contribution in [-0.4, -0.2) is 45.3 Å². The van der Waals surface area contributed by atoms with Crippen molar-refractivity contribution in [3.05, 3.63) is 59.7 Å². The quantitative estimate of drug-likeness (QED) is 0.444. The van der Waals surface area contributed by atoms with Gasteiger partial charge in [0.15, 0.2) is 10.9 Å². The summed E-state index contributed by atoms with van der Waals surface area (Å²) in [5.41, 5.74) is 3.34. The van der Waals surface area contributed by atoms with Crippen LogP contribution in [0.25, 0.3) is 5.69 Å². The third-order valence-corrected chi connectivity index (χ3v) is 6.11. The van der Waals surface area contributed by atoms with Gasteiger partial charge in [0, 0.05) is 24.3 Å². The zero-order chi connectivity index (χ0) is 21.8. The van der Waals surface area contributed by atoms with Gasteiger partial charge in [-0.05, 0) is 51.0 Å². The number of rotatable bonds is 7. The first-order valence-electron chi connectivity index (χ1n) is 10.3. The van der Waals surface area contributed by atoms with Crippen LogP contribution in [0.5, 0.6) is 0 Å². The number of carbonyl (C=O) groups excluding carboxylic acids is 2. The molecule has 0 saturated carbocycles. The Bertz CT molecular complexity index is 1090. The zero-order valence-corrected chi connectivity index (χ0v) is 18.5. The molecule has 2 aromatic carbocycles. The minimum atomic E-state index is -0.160. The summed E-state index contributed by atoms with van der Waals surface area (Å²) in [6, 6.07) is 15.2. The lowest BCUT2D eigenvalue weighted by Gasteiger charge is -2.18. The van der Waals surface area contributed by atoms with Gasteiger partial charge >= 0.3 is 0 Å². The molecule has 0 unspecified atom stereocenters. The third-order valence-electron chi connectivity index (χ3n) is 5.18. The summed E-state index contributed by atoms with van der Waals surface area (Å²) < 4.78 is 2.03. The van der Waals surface area contributed by atoms with Crippen molar-refractivity contribution in [2.75, 3.05) is 29.1 Å². The second kappa shape index (κ2) is 9.34. The number of amides is 1. The van der Waals surface area contributed by atoms with Gasteiger partial charge in [-0.15, -0.1) is 10.2 Å². The van der Waals surface area contributed by atoms with E-state index in [1.54, 1.807) is 24.3 Å². The molecule has 1 amide bonds. The highest BCUT2D eigenvalue weighted by atomic mass is 32.2. The van der Waals surface area contributed by atoms with Gasteiger partial charge < -0.3 is 10.2 Å². The molecular formula is C23H25N5O2S. The highest BCUT2D eigenvalue weighted by Gasteiger charge is 2.23. The maximum absolute atomic E-state index is 12.5. The second-order valence-corrected chi connectivity index (χ2v) is 8.56. The van der Waals surface area contributed by atoms with Crippen LogP contribution in [0.1, 0.15) is 35.7 Å². The number of hydrogen-bond donors (Lipinski definition) is 1. The number of aryl methyl sites for hydroxylation is 1. The lowest BCUT2D eigenvalue weighted by Crippen LogP contribution is -2.22. The van der Waals surface area contributed by atoms with Crippen molar-refractivity contribution in [3.8, 4) is 5.69 Å². The highest BCUT2D eigenvalue weighted by molar-refractivity contribution is 7.99. The van der Waals surface area contributed by atoms with Gasteiger partial charge in [-0.25, -0.2) is 0 Å². The summed E-state index contributed by atoms with van der Waals surface area (Å²) in [6.07, 6.45) is 2.29. The molecule has 160 valence electrons. The number of hydrogen-bond acceptors (Lipinski definition) is 6. The Labute approximate surface area is 185 Å². The number of aromatic nitrogens is 3. The fraction of sp³-hybridized carbons (Fsp3) is 0.304. The minimum absolute atomic E-state index is 0.0360.